The van der Waals surface area contributed by atoms with E-state index in [2.05, 4.69) is 5.10 Å². The van der Waals surface area contributed by atoms with E-state index in [1.165, 1.54) is 10.9 Å². The molecule has 2 heterocycles. The molecule has 0 aliphatic carbocycles. The molecule has 1 aromatic heterocycles. The standard InChI is InChI=1S/C8H9N3O4/c12-5-6-7(11(13)14)4-10(9-6)8-2-1-3-15-8/h4-5,8H,1-3H2. The van der Waals surface area contributed by atoms with E-state index in [1.807, 2.05) is 0 Å². The number of ether oxygens (including phenoxy) is 1. The van der Waals surface area contributed by atoms with Crippen molar-refractivity contribution in [1.82, 2.24) is 9.78 Å². The van der Waals surface area contributed by atoms with Gasteiger partial charge in [-0.1, -0.05) is 0 Å². The van der Waals surface area contributed by atoms with Crippen LogP contribution in [0, 0.1) is 10.1 Å². The normalized spacial score (nSPS) is 20.4. The van der Waals surface area contributed by atoms with Crippen molar-refractivity contribution < 1.29 is 14.5 Å². The molecule has 1 aromatic rings. The largest absolute Gasteiger partial charge is 0.357 e. The van der Waals surface area contributed by atoms with Crippen molar-refractivity contribution in [3.8, 4) is 0 Å². The van der Waals surface area contributed by atoms with E-state index >= 15 is 0 Å². The van der Waals surface area contributed by atoms with E-state index < -0.39 is 4.92 Å². The molecule has 1 aliphatic rings. The summed E-state index contributed by atoms with van der Waals surface area (Å²) < 4.78 is 6.64. The zero-order chi connectivity index (χ0) is 10.8. The fourth-order valence-electron chi connectivity index (χ4n) is 1.54. The Morgan fingerprint density at radius 2 is 2.53 bits per heavy atom. The van der Waals surface area contributed by atoms with E-state index in [0.717, 1.165) is 12.8 Å². The molecule has 15 heavy (non-hydrogen) atoms. The third kappa shape index (κ3) is 1.73. The third-order valence-corrected chi connectivity index (χ3v) is 2.25. The van der Waals surface area contributed by atoms with Crippen molar-refractivity contribution in [2.75, 3.05) is 6.61 Å². The summed E-state index contributed by atoms with van der Waals surface area (Å²) in [6.45, 7) is 0.620. The molecule has 0 N–H and O–H groups in total. The molecule has 1 unspecified atom stereocenters. The van der Waals surface area contributed by atoms with Crippen molar-refractivity contribution in [2.45, 2.75) is 19.1 Å². The molecular weight excluding hydrogens is 202 g/mol. The van der Waals surface area contributed by atoms with Crippen LogP contribution in [0.1, 0.15) is 29.6 Å². The van der Waals surface area contributed by atoms with Crippen LogP contribution in [0.2, 0.25) is 0 Å². The number of nitrogens with zero attached hydrogens (tertiary/aromatic N) is 3. The number of carbonyl (C=O) groups is 1. The Balaban J connectivity index is 2.33. The first-order valence-corrected chi connectivity index (χ1v) is 4.52. The molecule has 1 saturated heterocycles. The maximum atomic E-state index is 10.6. The molecule has 0 spiro atoms. The smallest absolute Gasteiger partial charge is 0.317 e. The highest BCUT2D eigenvalue weighted by Gasteiger charge is 2.24. The first-order chi connectivity index (χ1) is 7.22. The molecule has 1 aliphatic heterocycles. The fraction of sp³-hybridized carbons (Fsp3) is 0.500. The van der Waals surface area contributed by atoms with Gasteiger partial charge in [0.2, 0.25) is 5.69 Å². The van der Waals surface area contributed by atoms with Gasteiger partial charge in [0.15, 0.2) is 12.5 Å². The fourth-order valence-corrected chi connectivity index (χ4v) is 1.54. The molecule has 2 rings (SSSR count). The van der Waals surface area contributed by atoms with Gasteiger partial charge in [-0.3, -0.25) is 14.9 Å². The average Bonchev–Trinajstić information content (AvgIpc) is 2.86. The summed E-state index contributed by atoms with van der Waals surface area (Å²) in [6, 6.07) is 0. The summed E-state index contributed by atoms with van der Waals surface area (Å²) in [4.78, 5) is 20.5. The summed E-state index contributed by atoms with van der Waals surface area (Å²) in [7, 11) is 0. The Labute approximate surface area is 84.8 Å². The lowest BCUT2D eigenvalue weighted by Gasteiger charge is -2.07. The van der Waals surface area contributed by atoms with E-state index in [1.54, 1.807) is 0 Å². The van der Waals surface area contributed by atoms with Crippen molar-refractivity contribution in [1.29, 1.82) is 0 Å². The monoisotopic (exact) mass is 211 g/mol. The lowest BCUT2D eigenvalue weighted by molar-refractivity contribution is -0.385. The van der Waals surface area contributed by atoms with Gasteiger partial charge in [-0.15, -0.1) is 0 Å². The van der Waals surface area contributed by atoms with Crippen molar-refractivity contribution in [3.05, 3.63) is 22.0 Å². The lowest BCUT2D eigenvalue weighted by Crippen LogP contribution is -2.07. The van der Waals surface area contributed by atoms with Gasteiger partial charge in [0.1, 0.15) is 6.20 Å². The van der Waals surface area contributed by atoms with Crippen LogP contribution in [0.25, 0.3) is 0 Å². The van der Waals surface area contributed by atoms with E-state index in [4.69, 9.17) is 4.74 Å². The number of carbonyl (C=O) groups excluding carboxylic acids is 1. The molecule has 80 valence electrons. The summed E-state index contributed by atoms with van der Waals surface area (Å²) in [5.74, 6) is 0. The predicted octanol–water partition coefficient (Wildman–Crippen LogP) is 0.913. The maximum Gasteiger partial charge on any atom is 0.317 e. The van der Waals surface area contributed by atoms with Crippen LogP contribution in [-0.4, -0.2) is 27.6 Å². The quantitative estimate of drug-likeness (QED) is 0.421. The number of aromatic nitrogens is 2. The molecule has 7 heteroatoms. The molecule has 0 aromatic carbocycles. The minimum absolute atomic E-state index is 0.157. The molecule has 0 saturated carbocycles. The van der Waals surface area contributed by atoms with Gasteiger partial charge in [-0.25, -0.2) is 4.68 Å². The lowest BCUT2D eigenvalue weighted by atomic mass is 10.3. The van der Waals surface area contributed by atoms with Gasteiger partial charge in [-0.2, -0.15) is 5.10 Å². The maximum absolute atomic E-state index is 10.6. The van der Waals surface area contributed by atoms with E-state index in [-0.39, 0.29) is 17.6 Å². The van der Waals surface area contributed by atoms with E-state index in [0.29, 0.717) is 12.9 Å². The van der Waals surface area contributed by atoms with Gasteiger partial charge < -0.3 is 4.74 Å². The zero-order valence-corrected chi connectivity index (χ0v) is 7.83. The van der Waals surface area contributed by atoms with Gasteiger partial charge in [0, 0.05) is 6.61 Å². The Bertz CT molecular complexity index is 395. The van der Waals surface area contributed by atoms with Crippen LogP contribution < -0.4 is 0 Å². The summed E-state index contributed by atoms with van der Waals surface area (Å²) in [5.41, 5.74) is -0.434. The second-order valence-corrected chi connectivity index (χ2v) is 3.22. The molecule has 1 atom stereocenters. The summed E-state index contributed by atoms with van der Waals surface area (Å²) >= 11 is 0. The molecule has 0 amide bonds. The highest BCUT2D eigenvalue weighted by Crippen LogP contribution is 2.25. The van der Waals surface area contributed by atoms with Gasteiger partial charge in [0.25, 0.3) is 0 Å². The zero-order valence-electron chi connectivity index (χ0n) is 7.83. The summed E-state index contributed by atoms with van der Waals surface area (Å²) in [5, 5.41) is 14.4. The molecular formula is C8H9N3O4. The summed E-state index contributed by atoms with van der Waals surface area (Å²) in [6.07, 6.45) is 2.99. The molecule has 7 nitrogen and oxygen atoms in total. The minimum Gasteiger partial charge on any atom is -0.357 e. The first kappa shape index (κ1) is 9.78. The minimum atomic E-state index is -0.623. The first-order valence-electron chi connectivity index (χ1n) is 4.52. The molecule has 0 radical (unpaired) electrons. The van der Waals surface area contributed by atoms with Crippen molar-refractivity contribution in [2.24, 2.45) is 0 Å². The van der Waals surface area contributed by atoms with Crippen molar-refractivity contribution >= 4 is 12.0 Å². The van der Waals surface area contributed by atoms with E-state index in [9.17, 15) is 14.9 Å². The Morgan fingerprint density at radius 1 is 1.73 bits per heavy atom. The third-order valence-electron chi connectivity index (χ3n) is 2.25. The number of nitro groups is 1. The van der Waals surface area contributed by atoms with Crippen LogP contribution in [0.15, 0.2) is 6.20 Å². The van der Waals surface area contributed by atoms with Gasteiger partial charge in [0.05, 0.1) is 4.92 Å². The Hall–Kier alpha value is -1.76. The SMILES string of the molecule is O=Cc1nn(C2CCCO2)cc1[N+](=O)[O-]. The highest BCUT2D eigenvalue weighted by atomic mass is 16.6. The van der Waals surface area contributed by atoms with Crippen molar-refractivity contribution in [3.63, 3.8) is 0 Å². The number of rotatable bonds is 3. The van der Waals surface area contributed by atoms with Crippen LogP contribution in [0.5, 0.6) is 0 Å². The topological polar surface area (TPSA) is 87.3 Å². The van der Waals surface area contributed by atoms with Crippen LogP contribution in [0.3, 0.4) is 0 Å². The van der Waals surface area contributed by atoms with Gasteiger partial charge >= 0.3 is 5.69 Å². The second kappa shape index (κ2) is 3.77. The number of hydrogen-bond acceptors (Lipinski definition) is 5. The second-order valence-electron chi connectivity index (χ2n) is 3.22. The Morgan fingerprint density at radius 3 is 3.00 bits per heavy atom. The molecule has 1 fully saturated rings. The van der Waals surface area contributed by atoms with Crippen LogP contribution in [0.4, 0.5) is 5.69 Å². The van der Waals surface area contributed by atoms with Gasteiger partial charge in [-0.05, 0) is 12.8 Å². The van der Waals surface area contributed by atoms with Crippen LogP contribution in [-0.2, 0) is 4.74 Å². The number of hydrogen-bond donors (Lipinski definition) is 0. The van der Waals surface area contributed by atoms with Crippen LogP contribution >= 0.6 is 0 Å². The molecule has 0 bridgehead atoms. The number of aldehydes is 1. The predicted molar refractivity (Wildman–Crippen MR) is 48.5 cm³/mol. The average molecular weight is 211 g/mol. The highest BCUT2D eigenvalue weighted by molar-refractivity contribution is 5.77. The Kier molecular flexibility index (Phi) is 2.46.